The zero-order valence-corrected chi connectivity index (χ0v) is 19.1. The zero-order valence-electron chi connectivity index (χ0n) is 18.3. The summed E-state index contributed by atoms with van der Waals surface area (Å²) in [6.45, 7) is 3.75. The maximum atomic E-state index is 13.0. The van der Waals surface area contributed by atoms with E-state index in [1.165, 1.54) is 10.2 Å². The quantitative estimate of drug-likeness (QED) is 0.513. The molecule has 0 spiro atoms. The van der Waals surface area contributed by atoms with Gasteiger partial charge in [0.1, 0.15) is 0 Å². The van der Waals surface area contributed by atoms with E-state index in [1.807, 2.05) is 38.1 Å². The molecule has 0 bridgehead atoms. The van der Waals surface area contributed by atoms with E-state index in [0.29, 0.717) is 18.5 Å². The third kappa shape index (κ3) is 5.59. The van der Waals surface area contributed by atoms with Gasteiger partial charge < -0.3 is 9.47 Å². The van der Waals surface area contributed by atoms with Gasteiger partial charge in [0.25, 0.3) is 5.16 Å². The molecular weight excluding hydrogens is 428 g/mol. The average molecular weight is 457 g/mol. The van der Waals surface area contributed by atoms with Crippen LogP contribution in [0.15, 0.2) is 65.8 Å². The first-order valence-electron chi connectivity index (χ1n) is 10.8. The van der Waals surface area contributed by atoms with Crippen molar-refractivity contribution in [1.82, 2.24) is 20.2 Å². The highest BCUT2D eigenvalue weighted by atomic mass is 32.2. The fourth-order valence-electron chi connectivity index (χ4n) is 4.03. The highest BCUT2D eigenvalue weighted by Gasteiger charge is 2.36. The molecule has 0 unspecified atom stereocenters. The fourth-order valence-corrected chi connectivity index (χ4v) is 5.35. The second kappa shape index (κ2) is 9.48. The number of benzene rings is 2. The maximum Gasteiger partial charge on any atom is 0.272 e. The lowest BCUT2D eigenvalue weighted by Crippen LogP contribution is -2.45. The highest BCUT2D eigenvalue weighted by molar-refractivity contribution is 7.91. The van der Waals surface area contributed by atoms with Crippen LogP contribution >= 0.6 is 0 Å². The number of para-hydroxylation sites is 1. The van der Waals surface area contributed by atoms with Crippen molar-refractivity contribution >= 4 is 9.84 Å². The first-order valence-corrected chi connectivity index (χ1v) is 12.4. The molecule has 9 heteroatoms. The third-order valence-electron chi connectivity index (χ3n) is 5.45. The van der Waals surface area contributed by atoms with Crippen molar-refractivity contribution in [3.63, 3.8) is 0 Å². The number of ether oxygens (including phenoxy) is 2. The molecule has 8 nitrogen and oxygen atoms in total. The minimum Gasteiger partial charge on any atom is -0.347 e. The molecular formula is C23H28N4O4S. The van der Waals surface area contributed by atoms with Crippen molar-refractivity contribution < 1.29 is 17.9 Å². The molecule has 1 aliphatic rings. The number of aryl methyl sites for hydroxylation is 1. The molecule has 32 heavy (non-hydrogen) atoms. The van der Waals surface area contributed by atoms with E-state index < -0.39 is 15.6 Å². The van der Waals surface area contributed by atoms with Gasteiger partial charge in [-0.05, 0) is 61.2 Å². The van der Waals surface area contributed by atoms with Gasteiger partial charge >= 0.3 is 0 Å². The predicted octanol–water partition coefficient (Wildman–Crippen LogP) is 3.37. The van der Waals surface area contributed by atoms with Crippen molar-refractivity contribution in [1.29, 1.82) is 0 Å². The fraction of sp³-hybridized carbons (Fsp3) is 0.435. The van der Waals surface area contributed by atoms with Gasteiger partial charge in [-0.2, -0.15) is 4.68 Å². The van der Waals surface area contributed by atoms with Gasteiger partial charge in [-0.25, -0.2) is 8.42 Å². The summed E-state index contributed by atoms with van der Waals surface area (Å²) in [6, 6.07) is 19.2. The molecule has 4 rings (SSSR count). The number of tetrazole rings is 1. The Hall–Kier alpha value is -2.62. The monoisotopic (exact) mass is 456 g/mol. The maximum absolute atomic E-state index is 13.0. The summed E-state index contributed by atoms with van der Waals surface area (Å²) >= 11 is 0. The Bertz CT molecular complexity index is 1120. The molecule has 0 amide bonds. The minimum absolute atomic E-state index is 0.00120. The zero-order chi connectivity index (χ0) is 22.6. The van der Waals surface area contributed by atoms with Crippen LogP contribution in [0.2, 0.25) is 0 Å². The molecule has 170 valence electrons. The largest absolute Gasteiger partial charge is 0.347 e. The van der Waals surface area contributed by atoms with Crippen LogP contribution in [0.5, 0.6) is 0 Å². The minimum atomic E-state index is -3.70. The Labute approximate surface area is 188 Å². The molecule has 1 saturated heterocycles. The number of hydrogen-bond acceptors (Lipinski definition) is 7. The first kappa shape index (κ1) is 22.6. The normalized spacial score (nSPS) is 20.8. The summed E-state index contributed by atoms with van der Waals surface area (Å²) in [5.74, 6) is -0.869. The summed E-state index contributed by atoms with van der Waals surface area (Å²) in [6.07, 6.45) is 2.52. The average Bonchev–Trinajstić information content (AvgIpc) is 3.28. The Morgan fingerprint density at radius 1 is 0.969 bits per heavy atom. The van der Waals surface area contributed by atoms with Crippen LogP contribution in [0.4, 0.5) is 0 Å². The third-order valence-corrected chi connectivity index (χ3v) is 7.04. The standard InChI is InChI=1S/C23H28N4O4S/c1-23(2)30-20(14-13-18-9-5-3-6-10-18)17-21(31-23)15-16-32(28,29)22-24-25-26-27(22)19-11-7-4-8-12-19/h3-12,20-21H,13-17H2,1-2H3/t20-,21+/m0/s1. The second-order valence-corrected chi connectivity index (χ2v) is 10.5. The topological polar surface area (TPSA) is 96.2 Å². The lowest BCUT2D eigenvalue weighted by atomic mass is 9.99. The predicted molar refractivity (Wildman–Crippen MR) is 119 cm³/mol. The van der Waals surface area contributed by atoms with E-state index in [0.717, 1.165) is 12.8 Å². The Morgan fingerprint density at radius 3 is 2.28 bits per heavy atom. The van der Waals surface area contributed by atoms with Crippen molar-refractivity contribution in [2.24, 2.45) is 0 Å². The van der Waals surface area contributed by atoms with Crippen LogP contribution in [-0.4, -0.2) is 52.4 Å². The number of sulfone groups is 1. The molecule has 2 heterocycles. The molecule has 0 radical (unpaired) electrons. The molecule has 0 saturated carbocycles. The number of nitrogens with zero attached hydrogens (tertiary/aromatic N) is 4. The van der Waals surface area contributed by atoms with Crippen molar-refractivity contribution in [3.8, 4) is 5.69 Å². The van der Waals surface area contributed by atoms with E-state index in [-0.39, 0.29) is 23.1 Å². The summed E-state index contributed by atoms with van der Waals surface area (Å²) in [5, 5.41) is 11.1. The second-order valence-electron chi connectivity index (χ2n) is 8.46. The highest BCUT2D eigenvalue weighted by Crippen LogP contribution is 2.31. The smallest absolute Gasteiger partial charge is 0.272 e. The number of hydrogen-bond donors (Lipinski definition) is 0. The summed E-state index contributed by atoms with van der Waals surface area (Å²) in [5.41, 5.74) is 1.85. The Balaban J connectivity index is 1.41. The summed E-state index contributed by atoms with van der Waals surface area (Å²) in [7, 11) is -3.70. The van der Waals surface area contributed by atoms with Crippen LogP contribution in [0.1, 0.15) is 38.7 Å². The lowest BCUT2D eigenvalue weighted by Gasteiger charge is -2.41. The SMILES string of the molecule is CC1(C)O[C@H](CCS(=O)(=O)c2nnnn2-c2ccccc2)C[C@H](CCc2ccccc2)O1. The molecule has 2 aromatic carbocycles. The number of aromatic nitrogens is 4. The Morgan fingerprint density at radius 2 is 1.59 bits per heavy atom. The lowest BCUT2D eigenvalue weighted by molar-refractivity contribution is -0.300. The van der Waals surface area contributed by atoms with Gasteiger partial charge in [0.15, 0.2) is 5.79 Å². The van der Waals surface area contributed by atoms with E-state index in [4.69, 9.17) is 9.47 Å². The van der Waals surface area contributed by atoms with Crippen LogP contribution in [0.3, 0.4) is 0 Å². The van der Waals surface area contributed by atoms with Gasteiger partial charge in [-0.3, -0.25) is 0 Å². The van der Waals surface area contributed by atoms with Crippen molar-refractivity contribution in [2.45, 2.75) is 62.7 Å². The van der Waals surface area contributed by atoms with Crippen LogP contribution < -0.4 is 0 Å². The van der Waals surface area contributed by atoms with Crippen LogP contribution in [0, 0.1) is 0 Å². The van der Waals surface area contributed by atoms with E-state index in [9.17, 15) is 8.42 Å². The van der Waals surface area contributed by atoms with E-state index in [1.54, 1.807) is 24.3 Å². The van der Waals surface area contributed by atoms with Gasteiger partial charge in [-0.1, -0.05) is 53.6 Å². The van der Waals surface area contributed by atoms with Gasteiger partial charge in [-0.15, -0.1) is 0 Å². The summed E-state index contributed by atoms with van der Waals surface area (Å²) in [4.78, 5) is 0. The van der Waals surface area contributed by atoms with E-state index in [2.05, 4.69) is 27.7 Å². The molecule has 3 aromatic rings. The van der Waals surface area contributed by atoms with Crippen LogP contribution in [-0.2, 0) is 25.7 Å². The molecule has 1 fully saturated rings. The molecule has 1 aromatic heterocycles. The molecule has 0 aliphatic carbocycles. The first-order chi connectivity index (χ1) is 15.3. The van der Waals surface area contributed by atoms with Gasteiger partial charge in [0.2, 0.25) is 9.84 Å². The van der Waals surface area contributed by atoms with Gasteiger partial charge in [0.05, 0.1) is 23.6 Å². The molecule has 2 atom stereocenters. The molecule has 1 aliphatic heterocycles. The number of rotatable bonds is 8. The van der Waals surface area contributed by atoms with Crippen LogP contribution in [0.25, 0.3) is 5.69 Å². The van der Waals surface area contributed by atoms with E-state index >= 15 is 0 Å². The van der Waals surface area contributed by atoms with Crippen molar-refractivity contribution in [2.75, 3.05) is 5.75 Å². The Kier molecular flexibility index (Phi) is 6.68. The molecule has 0 N–H and O–H groups in total. The summed E-state index contributed by atoms with van der Waals surface area (Å²) < 4.78 is 39.5. The van der Waals surface area contributed by atoms with Crippen molar-refractivity contribution in [3.05, 3.63) is 66.2 Å². The van der Waals surface area contributed by atoms with Gasteiger partial charge in [0, 0.05) is 6.42 Å².